The molecule has 0 aromatic carbocycles. The highest BCUT2D eigenvalue weighted by molar-refractivity contribution is 4.82. The summed E-state index contributed by atoms with van der Waals surface area (Å²) in [7, 11) is 0. The molecular weight excluding hydrogens is 198 g/mol. The van der Waals surface area contributed by atoms with Crippen molar-refractivity contribution < 1.29 is 5.11 Å². The van der Waals surface area contributed by atoms with Crippen LogP contribution in [0.3, 0.4) is 0 Å². The average molecular weight is 227 g/mol. The van der Waals surface area contributed by atoms with Gasteiger partial charge in [-0.2, -0.15) is 0 Å². The Kier molecular flexibility index (Phi) is 5.77. The van der Waals surface area contributed by atoms with Gasteiger partial charge in [0.1, 0.15) is 0 Å². The Morgan fingerprint density at radius 2 is 2.00 bits per heavy atom. The molecule has 2 unspecified atom stereocenters. The SMILES string of the molecule is CCC1CCCCCN1CC(C)(CC)CO. The van der Waals surface area contributed by atoms with Crippen LogP contribution < -0.4 is 0 Å². The van der Waals surface area contributed by atoms with Crippen LogP contribution in [0.2, 0.25) is 0 Å². The standard InChI is InChI=1S/C14H29NO/c1-4-13-9-7-6-8-10-15(13)11-14(3,5-2)12-16/h13,16H,4-12H2,1-3H3. The topological polar surface area (TPSA) is 23.5 Å². The van der Waals surface area contributed by atoms with E-state index in [9.17, 15) is 5.11 Å². The molecule has 0 radical (unpaired) electrons. The molecule has 16 heavy (non-hydrogen) atoms. The zero-order chi connectivity index (χ0) is 12.0. The molecule has 2 nitrogen and oxygen atoms in total. The zero-order valence-corrected chi connectivity index (χ0v) is 11.3. The smallest absolute Gasteiger partial charge is 0.0496 e. The minimum absolute atomic E-state index is 0.0950. The van der Waals surface area contributed by atoms with Gasteiger partial charge in [0.25, 0.3) is 0 Å². The normalized spacial score (nSPS) is 27.4. The molecule has 0 aromatic heterocycles. The molecule has 1 N–H and O–H groups in total. The van der Waals surface area contributed by atoms with Gasteiger partial charge in [-0.05, 0) is 32.2 Å². The Bertz CT molecular complexity index is 189. The van der Waals surface area contributed by atoms with Gasteiger partial charge in [-0.25, -0.2) is 0 Å². The molecule has 1 heterocycles. The number of aliphatic hydroxyl groups is 1. The van der Waals surface area contributed by atoms with Crippen LogP contribution in [-0.4, -0.2) is 35.7 Å². The fourth-order valence-corrected chi connectivity index (χ4v) is 2.67. The lowest BCUT2D eigenvalue weighted by Crippen LogP contribution is -2.43. The molecule has 0 aliphatic carbocycles. The largest absolute Gasteiger partial charge is 0.396 e. The molecular formula is C14H29NO. The fourth-order valence-electron chi connectivity index (χ4n) is 2.67. The van der Waals surface area contributed by atoms with Crippen LogP contribution in [0, 0.1) is 5.41 Å². The quantitative estimate of drug-likeness (QED) is 0.780. The lowest BCUT2D eigenvalue weighted by atomic mass is 9.87. The van der Waals surface area contributed by atoms with Gasteiger partial charge < -0.3 is 5.11 Å². The highest BCUT2D eigenvalue weighted by Crippen LogP contribution is 2.27. The molecule has 1 aliphatic rings. The summed E-state index contributed by atoms with van der Waals surface area (Å²) < 4.78 is 0. The van der Waals surface area contributed by atoms with E-state index in [-0.39, 0.29) is 5.41 Å². The minimum atomic E-state index is 0.0950. The molecule has 1 saturated heterocycles. The van der Waals surface area contributed by atoms with Gasteiger partial charge in [-0.3, -0.25) is 4.90 Å². The van der Waals surface area contributed by atoms with Gasteiger partial charge in [0.2, 0.25) is 0 Å². The maximum absolute atomic E-state index is 9.52. The monoisotopic (exact) mass is 227 g/mol. The van der Waals surface area contributed by atoms with Gasteiger partial charge in [-0.1, -0.05) is 33.6 Å². The highest BCUT2D eigenvalue weighted by Gasteiger charge is 2.28. The molecule has 1 fully saturated rings. The van der Waals surface area contributed by atoms with E-state index in [1.54, 1.807) is 0 Å². The first-order valence-corrected chi connectivity index (χ1v) is 7.00. The maximum atomic E-state index is 9.52. The van der Waals surface area contributed by atoms with Gasteiger partial charge >= 0.3 is 0 Å². The van der Waals surface area contributed by atoms with E-state index in [4.69, 9.17) is 0 Å². The van der Waals surface area contributed by atoms with Crippen LogP contribution in [0.4, 0.5) is 0 Å². The third-order valence-corrected chi connectivity index (χ3v) is 4.29. The summed E-state index contributed by atoms with van der Waals surface area (Å²) in [5.41, 5.74) is 0.0950. The summed E-state index contributed by atoms with van der Waals surface area (Å²) in [6.07, 6.45) is 7.77. The Morgan fingerprint density at radius 1 is 1.25 bits per heavy atom. The fraction of sp³-hybridized carbons (Fsp3) is 1.00. The summed E-state index contributed by atoms with van der Waals surface area (Å²) in [5, 5.41) is 9.52. The third kappa shape index (κ3) is 3.74. The van der Waals surface area contributed by atoms with Crippen molar-refractivity contribution >= 4 is 0 Å². The van der Waals surface area contributed by atoms with E-state index in [1.807, 2.05) is 0 Å². The summed E-state index contributed by atoms with van der Waals surface area (Å²) in [6, 6.07) is 0.750. The molecule has 2 atom stereocenters. The number of hydrogen-bond acceptors (Lipinski definition) is 2. The van der Waals surface area contributed by atoms with Crippen molar-refractivity contribution in [3.8, 4) is 0 Å². The van der Waals surface area contributed by atoms with Crippen molar-refractivity contribution in [2.45, 2.75) is 65.3 Å². The van der Waals surface area contributed by atoms with E-state index in [1.165, 1.54) is 38.6 Å². The molecule has 96 valence electrons. The number of likely N-dealkylation sites (tertiary alicyclic amines) is 1. The Labute approximate surface area is 101 Å². The molecule has 0 amide bonds. The van der Waals surface area contributed by atoms with Crippen LogP contribution in [0.1, 0.15) is 59.3 Å². The number of nitrogens with zero attached hydrogens (tertiary/aromatic N) is 1. The van der Waals surface area contributed by atoms with Gasteiger partial charge in [0.15, 0.2) is 0 Å². The second-order valence-corrected chi connectivity index (χ2v) is 5.70. The van der Waals surface area contributed by atoms with E-state index in [0.717, 1.165) is 19.0 Å². The van der Waals surface area contributed by atoms with Gasteiger partial charge in [0.05, 0.1) is 0 Å². The van der Waals surface area contributed by atoms with Crippen LogP contribution >= 0.6 is 0 Å². The number of hydrogen-bond donors (Lipinski definition) is 1. The Morgan fingerprint density at radius 3 is 2.56 bits per heavy atom. The van der Waals surface area contributed by atoms with Crippen LogP contribution in [0.15, 0.2) is 0 Å². The molecule has 1 rings (SSSR count). The minimum Gasteiger partial charge on any atom is -0.396 e. The summed E-state index contributed by atoms with van der Waals surface area (Å²) in [6.45, 7) is 9.31. The number of aliphatic hydroxyl groups excluding tert-OH is 1. The first-order chi connectivity index (χ1) is 7.65. The predicted molar refractivity (Wildman–Crippen MR) is 69.6 cm³/mol. The van der Waals surface area contributed by atoms with Crippen LogP contribution in [0.25, 0.3) is 0 Å². The van der Waals surface area contributed by atoms with Crippen molar-refractivity contribution in [1.29, 1.82) is 0 Å². The molecule has 2 heteroatoms. The van der Waals surface area contributed by atoms with Crippen molar-refractivity contribution in [3.05, 3.63) is 0 Å². The van der Waals surface area contributed by atoms with E-state index in [2.05, 4.69) is 25.7 Å². The van der Waals surface area contributed by atoms with Crippen molar-refractivity contribution in [2.75, 3.05) is 19.7 Å². The summed E-state index contributed by atoms with van der Waals surface area (Å²) in [5.74, 6) is 0. The van der Waals surface area contributed by atoms with Crippen molar-refractivity contribution in [3.63, 3.8) is 0 Å². The van der Waals surface area contributed by atoms with Crippen LogP contribution in [0.5, 0.6) is 0 Å². The average Bonchev–Trinajstić information content (AvgIpc) is 2.54. The molecule has 1 aliphatic heterocycles. The van der Waals surface area contributed by atoms with Crippen molar-refractivity contribution in [1.82, 2.24) is 4.90 Å². The lowest BCUT2D eigenvalue weighted by Gasteiger charge is -2.37. The highest BCUT2D eigenvalue weighted by atomic mass is 16.3. The summed E-state index contributed by atoms with van der Waals surface area (Å²) in [4.78, 5) is 2.63. The van der Waals surface area contributed by atoms with E-state index in [0.29, 0.717) is 6.61 Å². The summed E-state index contributed by atoms with van der Waals surface area (Å²) >= 11 is 0. The van der Waals surface area contributed by atoms with Gasteiger partial charge in [0, 0.05) is 24.6 Å². The van der Waals surface area contributed by atoms with Gasteiger partial charge in [-0.15, -0.1) is 0 Å². The maximum Gasteiger partial charge on any atom is 0.0496 e. The van der Waals surface area contributed by atoms with Crippen molar-refractivity contribution in [2.24, 2.45) is 5.41 Å². The molecule has 0 bridgehead atoms. The Balaban J connectivity index is 2.60. The Hall–Kier alpha value is -0.0800. The second-order valence-electron chi connectivity index (χ2n) is 5.70. The molecule has 0 aromatic rings. The first kappa shape index (κ1) is 14.0. The third-order valence-electron chi connectivity index (χ3n) is 4.29. The zero-order valence-electron chi connectivity index (χ0n) is 11.3. The van der Waals surface area contributed by atoms with E-state index < -0.39 is 0 Å². The first-order valence-electron chi connectivity index (χ1n) is 7.00. The lowest BCUT2D eigenvalue weighted by molar-refractivity contribution is 0.0630. The van der Waals surface area contributed by atoms with E-state index >= 15 is 0 Å². The predicted octanol–water partition coefficient (Wildman–Crippen LogP) is 3.05. The molecule has 0 saturated carbocycles. The number of rotatable bonds is 5. The molecule has 0 spiro atoms. The van der Waals surface area contributed by atoms with Crippen LogP contribution in [-0.2, 0) is 0 Å². The second kappa shape index (κ2) is 6.61.